The van der Waals surface area contributed by atoms with Crippen molar-refractivity contribution in [3.8, 4) is 5.82 Å². The van der Waals surface area contributed by atoms with Crippen molar-refractivity contribution in [3.63, 3.8) is 0 Å². The summed E-state index contributed by atoms with van der Waals surface area (Å²) in [6, 6.07) is 9.71. The van der Waals surface area contributed by atoms with Gasteiger partial charge in [-0.1, -0.05) is 12.1 Å². The van der Waals surface area contributed by atoms with Crippen molar-refractivity contribution in [1.82, 2.24) is 24.4 Å². The van der Waals surface area contributed by atoms with Crippen LogP contribution in [0.5, 0.6) is 0 Å². The first-order valence-electron chi connectivity index (χ1n) is 13.2. The second kappa shape index (κ2) is 10.8. The van der Waals surface area contributed by atoms with E-state index in [2.05, 4.69) is 20.1 Å². The first-order chi connectivity index (χ1) is 18.2. The Kier molecular flexibility index (Phi) is 7.16. The average molecular weight is 514 g/mol. The van der Waals surface area contributed by atoms with Crippen LogP contribution in [0.15, 0.2) is 30.3 Å². The molecule has 9 nitrogen and oxygen atoms in total. The fraction of sp³-hybridized carbons (Fsp3) is 0.577. The lowest BCUT2D eigenvalue weighted by molar-refractivity contribution is 0.00751. The lowest BCUT2D eigenvalue weighted by Gasteiger charge is -2.39. The van der Waals surface area contributed by atoms with Crippen molar-refractivity contribution >= 4 is 22.8 Å². The molecule has 4 heterocycles. The third-order valence-corrected chi connectivity index (χ3v) is 7.57. The highest BCUT2D eigenvalue weighted by Gasteiger charge is 2.29. The monoisotopic (exact) mass is 513 g/mol. The standard InChI is InChI=1S/C26H33F2N7O2/c27-24(28)25-30-20-6-1-2-7-21(20)35(25)23-17-22(31-26(32-23)34-10-14-37-15-11-34)29-18-4-3-5-19(16-18)33-8-12-36-13-9-33/h1-2,6-7,17-19,24H,3-5,8-16H2,(H,29,31,32)/t18-,19+/m0/s1. The number of benzene rings is 1. The Hall–Kier alpha value is -2.89. The summed E-state index contributed by atoms with van der Waals surface area (Å²) in [5.74, 6) is 1.24. The van der Waals surface area contributed by atoms with Crippen molar-refractivity contribution in [3.05, 3.63) is 36.2 Å². The summed E-state index contributed by atoms with van der Waals surface area (Å²) in [4.78, 5) is 18.4. The first kappa shape index (κ1) is 24.4. The maximum Gasteiger partial charge on any atom is 0.296 e. The van der Waals surface area contributed by atoms with Crippen LogP contribution < -0.4 is 10.2 Å². The molecule has 3 aliphatic rings. The summed E-state index contributed by atoms with van der Waals surface area (Å²) in [5.41, 5.74) is 1.11. The van der Waals surface area contributed by atoms with E-state index in [4.69, 9.17) is 19.4 Å². The molecule has 0 amide bonds. The minimum atomic E-state index is -2.74. The molecule has 3 fully saturated rings. The molecule has 0 radical (unpaired) electrons. The highest BCUT2D eigenvalue weighted by molar-refractivity contribution is 5.78. The number of halogens is 2. The maximum atomic E-state index is 14.1. The summed E-state index contributed by atoms with van der Waals surface area (Å²) in [5, 5.41) is 3.64. The average Bonchev–Trinajstić information content (AvgIpc) is 3.34. The van der Waals surface area contributed by atoms with Gasteiger partial charge < -0.3 is 19.7 Å². The number of aromatic nitrogens is 4. The Balaban J connectivity index is 1.34. The molecule has 3 aromatic rings. The number of alkyl halides is 2. The van der Waals surface area contributed by atoms with Crippen molar-refractivity contribution in [2.24, 2.45) is 0 Å². The number of hydrogen-bond donors (Lipinski definition) is 1. The summed E-state index contributed by atoms with van der Waals surface area (Å²) in [6.07, 6.45) is 1.64. The van der Waals surface area contributed by atoms with Gasteiger partial charge in [0.05, 0.1) is 37.5 Å². The summed E-state index contributed by atoms with van der Waals surface area (Å²) in [7, 11) is 0. The van der Waals surface area contributed by atoms with Gasteiger partial charge >= 0.3 is 0 Å². The van der Waals surface area contributed by atoms with E-state index in [1.165, 1.54) is 11.0 Å². The Bertz CT molecular complexity index is 1210. The molecule has 11 heteroatoms. The minimum Gasteiger partial charge on any atom is -0.379 e. The van der Waals surface area contributed by atoms with Gasteiger partial charge in [-0.15, -0.1) is 0 Å². The van der Waals surface area contributed by atoms with E-state index in [0.717, 1.165) is 45.6 Å². The second-order valence-electron chi connectivity index (χ2n) is 9.92. The van der Waals surface area contributed by atoms with Crippen LogP contribution >= 0.6 is 0 Å². The van der Waals surface area contributed by atoms with Gasteiger partial charge in [0.1, 0.15) is 11.6 Å². The fourth-order valence-corrected chi connectivity index (χ4v) is 5.73. The van der Waals surface area contributed by atoms with Crippen molar-refractivity contribution in [2.45, 2.75) is 44.2 Å². The molecule has 1 aliphatic carbocycles. The van der Waals surface area contributed by atoms with E-state index in [1.54, 1.807) is 24.3 Å². The van der Waals surface area contributed by atoms with E-state index in [0.29, 0.717) is 61.0 Å². The van der Waals surface area contributed by atoms with Crippen LogP contribution in [-0.2, 0) is 9.47 Å². The smallest absolute Gasteiger partial charge is 0.296 e. The summed E-state index contributed by atoms with van der Waals surface area (Å²) in [6.45, 7) is 5.99. The number of rotatable bonds is 6. The van der Waals surface area contributed by atoms with Crippen LogP contribution in [0.2, 0.25) is 0 Å². The minimum absolute atomic E-state index is 0.246. The van der Waals surface area contributed by atoms with Gasteiger partial charge in [-0.25, -0.2) is 13.8 Å². The third kappa shape index (κ3) is 5.25. The maximum absolute atomic E-state index is 14.1. The number of nitrogens with zero attached hydrogens (tertiary/aromatic N) is 6. The lowest BCUT2D eigenvalue weighted by atomic mass is 9.89. The Morgan fingerprint density at radius 2 is 1.68 bits per heavy atom. The highest BCUT2D eigenvalue weighted by Crippen LogP contribution is 2.31. The van der Waals surface area contributed by atoms with E-state index >= 15 is 0 Å². The van der Waals surface area contributed by atoms with Crippen molar-refractivity contribution < 1.29 is 18.3 Å². The van der Waals surface area contributed by atoms with Gasteiger partial charge in [0.2, 0.25) is 5.95 Å². The molecule has 198 valence electrons. The number of nitrogens with one attached hydrogen (secondary N) is 1. The van der Waals surface area contributed by atoms with Crippen LogP contribution in [0.25, 0.3) is 16.9 Å². The molecule has 0 unspecified atom stereocenters. The molecule has 37 heavy (non-hydrogen) atoms. The van der Waals surface area contributed by atoms with Crippen LogP contribution in [0, 0.1) is 0 Å². The Morgan fingerprint density at radius 1 is 0.919 bits per heavy atom. The summed E-state index contributed by atoms with van der Waals surface area (Å²) < 4.78 is 40.8. The van der Waals surface area contributed by atoms with E-state index in [9.17, 15) is 8.78 Å². The lowest BCUT2D eigenvalue weighted by Crippen LogP contribution is -2.47. The van der Waals surface area contributed by atoms with Gasteiger partial charge in [-0.3, -0.25) is 9.47 Å². The number of imidazole rings is 1. The third-order valence-electron chi connectivity index (χ3n) is 7.57. The highest BCUT2D eigenvalue weighted by atomic mass is 19.3. The predicted octanol–water partition coefficient (Wildman–Crippen LogP) is 3.65. The molecule has 2 saturated heterocycles. The number of hydrogen-bond acceptors (Lipinski definition) is 8. The molecular weight excluding hydrogens is 480 g/mol. The Labute approximate surface area is 214 Å². The molecule has 0 spiro atoms. The van der Waals surface area contributed by atoms with Gasteiger partial charge in [0.25, 0.3) is 6.43 Å². The second-order valence-corrected chi connectivity index (χ2v) is 9.92. The number of fused-ring (bicyclic) bond motifs is 1. The van der Waals surface area contributed by atoms with Crippen LogP contribution in [-0.4, -0.2) is 89.1 Å². The van der Waals surface area contributed by atoms with Crippen LogP contribution in [0.3, 0.4) is 0 Å². The number of para-hydroxylation sites is 2. The molecule has 2 aromatic heterocycles. The molecule has 1 saturated carbocycles. The number of anilines is 2. The zero-order valence-corrected chi connectivity index (χ0v) is 20.9. The molecule has 0 bridgehead atoms. The zero-order valence-electron chi connectivity index (χ0n) is 20.9. The van der Waals surface area contributed by atoms with Crippen molar-refractivity contribution in [1.29, 1.82) is 0 Å². The molecule has 1 aromatic carbocycles. The zero-order chi connectivity index (χ0) is 25.2. The molecular formula is C26H33F2N7O2. The number of morpholine rings is 2. The van der Waals surface area contributed by atoms with Gasteiger partial charge in [0.15, 0.2) is 5.82 Å². The molecule has 6 rings (SSSR count). The van der Waals surface area contributed by atoms with Gasteiger partial charge in [0, 0.05) is 44.3 Å². The topological polar surface area (TPSA) is 80.6 Å². The van der Waals surface area contributed by atoms with Gasteiger partial charge in [-0.05, 0) is 37.8 Å². The van der Waals surface area contributed by atoms with Gasteiger partial charge in [-0.2, -0.15) is 9.97 Å². The Morgan fingerprint density at radius 3 is 2.46 bits per heavy atom. The normalized spacial score (nSPS) is 23.6. The van der Waals surface area contributed by atoms with Crippen molar-refractivity contribution in [2.75, 3.05) is 62.8 Å². The molecule has 2 aliphatic heterocycles. The first-order valence-corrected chi connectivity index (χ1v) is 13.2. The van der Waals surface area contributed by atoms with E-state index in [-0.39, 0.29) is 11.9 Å². The van der Waals surface area contributed by atoms with Crippen LogP contribution in [0.1, 0.15) is 37.9 Å². The molecule has 2 atom stereocenters. The van der Waals surface area contributed by atoms with Crippen LogP contribution in [0.4, 0.5) is 20.5 Å². The van der Waals surface area contributed by atoms with E-state index < -0.39 is 6.43 Å². The molecule has 1 N–H and O–H groups in total. The van der Waals surface area contributed by atoms with E-state index in [1.807, 2.05) is 6.07 Å². The SMILES string of the molecule is FC(F)c1nc2ccccc2n1-c1cc(N[C@H]2CCC[C@@H](N3CCOCC3)C2)nc(N2CCOCC2)n1. The fourth-order valence-electron chi connectivity index (χ4n) is 5.73. The predicted molar refractivity (Wildman–Crippen MR) is 137 cm³/mol. The summed E-state index contributed by atoms with van der Waals surface area (Å²) >= 11 is 0. The largest absolute Gasteiger partial charge is 0.379 e. The number of ether oxygens (including phenoxy) is 2. The quantitative estimate of drug-likeness (QED) is 0.535.